The topological polar surface area (TPSA) is 218 Å². The molecule has 0 aliphatic carbocycles. The molecule has 4 heterocycles. The Morgan fingerprint density at radius 2 is 1.17 bits per heavy atom. The van der Waals surface area contributed by atoms with Crippen molar-refractivity contribution in [2.24, 2.45) is 0 Å². The van der Waals surface area contributed by atoms with Gasteiger partial charge >= 0.3 is 11.9 Å². The van der Waals surface area contributed by atoms with Crippen LogP contribution in [0.25, 0.3) is 12.2 Å². The molecule has 0 radical (unpaired) electrons. The van der Waals surface area contributed by atoms with Gasteiger partial charge in [-0.1, -0.05) is 0 Å². The third-order valence-electron chi connectivity index (χ3n) is 5.93. The number of carbonyl (C=O) groups is 2. The van der Waals surface area contributed by atoms with Crippen molar-refractivity contribution in [1.82, 2.24) is 19.6 Å². The van der Waals surface area contributed by atoms with Crippen molar-refractivity contribution in [1.29, 1.82) is 0 Å². The van der Waals surface area contributed by atoms with Crippen molar-refractivity contribution < 1.29 is 36.6 Å². The van der Waals surface area contributed by atoms with E-state index in [9.17, 15) is 46.2 Å². The van der Waals surface area contributed by atoms with E-state index in [1.807, 2.05) is 0 Å². The molecule has 2 unspecified atom stereocenters. The third kappa shape index (κ3) is 4.67. The Balaban J connectivity index is 1.75. The fourth-order valence-electron chi connectivity index (χ4n) is 4.21. The molecule has 2 fully saturated rings. The molecule has 0 amide bonds. The van der Waals surface area contributed by atoms with Crippen LogP contribution in [0.4, 0.5) is 0 Å². The highest BCUT2D eigenvalue weighted by Gasteiger charge is 2.33. The van der Waals surface area contributed by atoms with Crippen molar-refractivity contribution in [2.45, 2.75) is 24.9 Å². The monoisotopic (exact) mass is 528 g/mol. The van der Waals surface area contributed by atoms with Crippen molar-refractivity contribution in [3.8, 4) is 0 Å². The van der Waals surface area contributed by atoms with Crippen LogP contribution < -0.4 is 11.1 Å². The maximum atomic E-state index is 12.8. The summed E-state index contributed by atoms with van der Waals surface area (Å²) in [6.45, 7) is 0. The molecule has 0 bridgehead atoms. The van der Waals surface area contributed by atoms with Gasteiger partial charge in [0.1, 0.15) is 0 Å². The number of rotatable bonds is 6. The molecule has 2 aromatic rings. The second-order valence-corrected chi connectivity index (χ2v) is 12.8. The van der Waals surface area contributed by atoms with Gasteiger partial charge in [-0.3, -0.25) is 19.8 Å². The Labute approximate surface area is 197 Å². The maximum absolute atomic E-state index is 12.8. The van der Waals surface area contributed by atoms with E-state index in [0.29, 0.717) is 0 Å². The SMILES string of the molecule is O=C(O)c1[nH]n(C2CCS(=O)(=O)C2)c(=O)c1C=C=Cc1c(C(=O)O)[nH]n(C2CCS(=O)(=O)C2)c1=O. The van der Waals surface area contributed by atoms with Gasteiger partial charge in [0.05, 0.1) is 46.2 Å². The number of aromatic carboxylic acids is 2. The van der Waals surface area contributed by atoms with Gasteiger partial charge < -0.3 is 10.2 Å². The second kappa shape index (κ2) is 8.55. The van der Waals surface area contributed by atoms with E-state index in [-0.39, 0.29) is 47.0 Å². The highest BCUT2D eigenvalue weighted by molar-refractivity contribution is 7.91. The molecule has 4 rings (SSSR count). The first-order valence-corrected chi connectivity index (χ1v) is 13.9. The fourth-order valence-corrected chi connectivity index (χ4v) is 7.61. The number of nitrogens with zero attached hydrogens (tertiary/aromatic N) is 2. The summed E-state index contributed by atoms with van der Waals surface area (Å²) in [5, 5.41) is 23.7. The summed E-state index contributed by atoms with van der Waals surface area (Å²) in [6.07, 6.45) is 2.15. The minimum absolute atomic E-state index is 0.128. The van der Waals surface area contributed by atoms with Gasteiger partial charge in [0, 0.05) is 0 Å². The first kappa shape index (κ1) is 24.5. The van der Waals surface area contributed by atoms with Crippen LogP contribution in [0.5, 0.6) is 0 Å². The van der Waals surface area contributed by atoms with Gasteiger partial charge in [0.2, 0.25) is 0 Å². The van der Waals surface area contributed by atoms with E-state index < -0.39 is 66.2 Å². The summed E-state index contributed by atoms with van der Waals surface area (Å²) in [4.78, 5) is 48.8. The van der Waals surface area contributed by atoms with Crippen LogP contribution in [0.15, 0.2) is 15.3 Å². The van der Waals surface area contributed by atoms with Gasteiger partial charge in [0.15, 0.2) is 31.1 Å². The Hall–Kier alpha value is -3.62. The Morgan fingerprint density at radius 3 is 1.46 bits per heavy atom. The molecule has 2 aromatic heterocycles. The van der Waals surface area contributed by atoms with Crippen LogP contribution in [0, 0.1) is 0 Å². The lowest BCUT2D eigenvalue weighted by molar-refractivity contribution is 0.0678. The van der Waals surface area contributed by atoms with Crippen LogP contribution in [-0.2, 0) is 19.7 Å². The summed E-state index contributed by atoms with van der Waals surface area (Å²) >= 11 is 0. The number of hydrogen-bond donors (Lipinski definition) is 4. The highest BCUT2D eigenvalue weighted by atomic mass is 32.2. The zero-order chi connectivity index (χ0) is 25.7. The summed E-state index contributed by atoms with van der Waals surface area (Å²) in [7, 11) is -6.72. The van der Waals surface area contributed by atoms with Gasteiger partial charge in [-0.05, 0) is 25.0 Å². The smallest absolute Gasteiger partial charge is 0.354 e. The molecular formula is C19H20N4O10S2. The molecule has 2 saturated heterocycles. The van der Waals surface area contributed by atoms with Crippen LogP contribution in [0.1, 0.15) is 57.0 Å². The Morgan fingerprint density at radius 1 is 0.800 bits per heavy atom. The van der Waals surface area contributed by atoms with Gasteiger partial charge in [0.25, 0.3) is 11.1 Å². The molecule has 4 N–H and O–H groups in total. The number of H-pyrrole nitrogens is 2. The first-order chi connectivity index (χ1) is 16.3. The average molecular weight is 529 g/mol. The largest absolute Gasteiger partial charge is 0.477 e. The van der Waals surface area contributed by atoms with E-state index >= 15 is 0 Å². The molecule has 2 aliphatic heterocycles. The number of sulfone groups is 2. The van der Waals surface area contributed by atoms with E-state index in [2.05, 4.69) is 15.9 Å². The predicted molar refractivity (Wildman–Crippen MR) is 121 cm³/mol. The minimum atomic E-state index is -3.36. The van der Waals surface area contributed by atoms with Gasteiger partial charge in [-0.15, -0.1) is 5.73 Å². The second-order valence-electron chi connectivity index (χ2n) is 8.33. The quantitative estimate of drug-likeness (QED) is 0.339. The van der Waals surface area contributed by atoms with Gasteiger partial charge in [-0.2, -0.15) is 0 Å². The number of hydrogen-bond acceptors (Lipinski definition) is 8. The Kier molecular flexibility index (Phi) is 5.99. The molecule has 0 spiro atoms. The lowest BCUT2D eigenvalue weighted by Gasteiger charge is -2.07. The van der Waals surface area contributed by atoms with E-state index in [0.717, 1.165) is 21.5 Å². The van der Waals surface area contributed by atoms with Crippen LogP contribution >= 0.6 is 0 Å². The minimum Gasteiger partial charge on any atom is -0.477 e. The molecule has 14 nitrogen and oxygen atoms in total. The predicted octanol–water partition coefficient (Wildman–Crippen LogP) is -0.893. The van der Waals surface area contributed by atoms with Crippen molar-refractivity contribution >= 4 is 43.8 Å². The lowest BCUT2D eigenvalue weighted by Crippen LogP contribution is -2.24. The van der Waals surface area contributed by atoms with E-state index in [1.54, 1.807) is 0 Å². The van der Waals surface area contributed by atoms with Gasteiger partial charge in [-0.25, -0.2) is 35.8 Å². The van der Waals surface area contributed by atoms with Crippen molar-refractivity contribution in [3.63, 3.8) is 0 Å². The zero-order valence-corrected chi connectivity index (χ0v) is 19.6. The standard InChI is InChI=1S/C19H20N4O10S2/c24-16-12(14(18(26)27)20-22(16)10-4-6-34(30,31)8-10)2-1-3-13-15(19(28)29)21-23(17(13)25)11-5-7-35(32,33)9-11/h2-3,10-11,20-21H,4-9H2,(H,26,27)(H,28,29). The lowest BCUT2D eigenvalue weighted by atomic mass is 10.2. The number of carboxylic acids is 2. The van der Waals surface area contributed by atoms with Crippen LogP contribution in [0.3, 0.4) is 0 Å². The van der Waals surface area contributed by atoms with E-state index in [4.69, 9.17) is 0 Å². The molecular weight excluding hydrogens is 508 g/mol. The molecule has 0 aromatic carbocycles. The van der Waals surface area contributed by atoms with Crippen molar-refractivity contribution in [3.05, 3.63) is 49.0 Å². The molecule has 16 heteroatoms. The van der Waals surface area contributed by atoms with Crippen molar-refractivity contribution in [2.75, 3.05) is 23.0 Å². The van der Waals surface area contributed by atoms with Crippen LogP contribution in [0.2, 0.25) is 0 Å². The number of nitrogens with one attached hydrogen (secondary N) is 2. The molecule has 35 heavy (non-hydrogen) atoms. The number of aromatic nitrogens is 4. The molecule has 188 valence electrons. The molecule has 0 saturated carbocycles. The first-order valence-electron chi connectivity index (χ1n) is 10.3. The average Bonchev–Trinajstić information content (AvgIpc) is 3.47. The summed E-state index contributed by atoms with van der Waals surface area (Å²) in [6, 6.07) is -1.54. The maximum Gasteiger partial charge on any atom is 0.354 e. The number of carboxylic acid groups (broad SMARTS) is 2. The number of aromatic amines is 2. The normalized spacial score (nSPS) is 22.5. The summed E-state index contributed by atoms with van der Waals surface area (Å²) in [5.74, 6) is -3.92. The zero-order valence-electron chi connectivity index (χ0n) is 17.9. The fraction of sp³-hybridized carbons (Fsp3) is 0.421. The summed E-state index contributed by atoms with van der Waals surface area (Å²) < 4.78 is 48.8. The van der Waals surface area contributed by atoms with Crippen LogP contribution in [-0.4, -0.2) is 81.6 Å². The highest BCUT2D eigenvalue weighted by Crippen LogP contribution is 2.23. The summed E-state index contributed by atoms with van der Waals surface area (Å²) in [5.41, 5.74) is -0.965. The van der Waals surface area contributed by atoms with E-state index in [1.165, 1.54) is 0 Å². The third-order valence-corrected chi connectivity index (χ3v) is 9.43. The molecule has 2 aliphatic rings. The molecule has 2 atom stereocenters. The Bertz CT molecular complexity index is 1510.